The van der Waals surface area contributed by atoms with Crippen molar-refractivity contribution in [1.82, 2.24) is 0 Å². The molecule has 0 amide bonds. The van der Waals surface area contributed by atoms with Gasteiger partial charge in [0.15, 0.2) is 0 Å². The van der Waals surface area contributed by atoms with E-state index in [1.165, 1.54) is 113 Å². The van der Waals surface area contributed by atoms with E-state index in [-0.39, 0.29) is 12.4 Å². The lowest BCUT2D eigenvalue weighted by Crippen LogP contribution is -1.88. The summed E-state index contributed by atoms with van der Waals surface area (Å²) in [7, 11) is 0. The first kappa shape index (κ1) is 24.0. The first-order valence-electron chi connectivity index (χ1n) is 11.4. The molecule has 0 atom stereocenters. The molecule has 0 bridgehead atoms. The van der Waals surface area contributed by atoms with Crippen molar-refractivity contribution in [3.63, 3.8) is 0 Å². The van der Waals surface area contributed by atoms with E-state index in [2.05, 4.69) is 49.4 Å². The maximum Gasteiger partial charge on any atom is -0.0152 e. The molecule has 0 spiro atoms. The highest BCUT2D eigenvalue weighted by atomic mass is 35.5. The Labute approximate surface area is 174 Å². The molecule has 2 rings (SSSR count). The van der Waals surface area contributed by atoms with Crippen LogP contribution in [0, 0.1) is 0 Å². The Bertz CT molecular complexity index is 584. The molecule has 0 aliphatic carbocycles. The van der Waals surface area contributed by atoms with E-state index in [4.69, 9.17) is 0 Å². The van der Waals surface area contributed by atoms with E-state index in [0.717, 1.165) is 0 Å². The Morgan fingerprint density at radius 1 is 0.519 bits per heavy atom. The quantitative estimate of drug-likeness (QED) is 0.266. The van der Waals surface area contributed by atoms with Gasteiger partial charge in [-0.1, -0.05) is 133 Å². The highest BCUT2D eigenvalue weighted by Gasteiger charge is 2.00. The Hall–Kier alpha value is -1.01. The molecule has 0 aromatic heterocycles. The summed E-state index contributed by atoms with van der Waals surface area (Å²) in [6, 6.07) is 15.5. The third-order valence-electron chi connectivity index (χ3n) is 5.68. The molecular weight excluding hydrogens is 348 g/mol. The SMILES string of the molecule is CCCCCCCCCCCCCCCCc1cccc2ccccc12.Cl. The molecule has 152 valence electrons. The van der Waals surface area contributed by atoms with Gasteiger partial charge in [0, 0.05) is 0 Å². The van der Waals surface area contributed by atoms with E-state index in [0.29, 0.717) is 0 Å². The van der Waals surface area contributed by atoms with Crippen LogP contribution in [0.1, 0.15) is 102 Å². The zero-order valence-corrected chi connectivity index (χ0v) is 18.4. The van der Waals surface area contributed by atoms with Crippen molar-refractivity contribution in [1.29, 1.82) is 0 Å². The Kier molecular flexibility index (Phi) is 14.2. The van der Waals surface area contributed by atoms with Gasteiger partial charge in [-0.05, 0) is 29.2 Å². The first-order chi connectivity index (χ1) is 12.9. The molecule has 0 N–H and O–H groups in total. The highest BCUT2D eigenvalue weighted by molar-refractivity contribution is 5.85. The van der Waals surface area contributed by atoms with Gasteiger partial charge in [-0.3, -0.25) is 0 Å². The fraction of sp³-hybridized carbons (Fsp3) is 0.615. The predicted octanol–water partition coefficient (Wildman–Crippen LogP) is 9.29. The average molecular weight is 389 g/mol. The number of halogens is 1. The number of unbranched alkanes of at least 4 members (excludes halogenated alkanes) is 13. The summed E-state index contributed by atoms with van der Waals surface area (Å²) in [6.07, 6.45) is 21.3. The molecule has 0 radical (unpaired) electrons. The van der Waals surface area contributed by atoms with Crippen LogP contribution in [0.4, 0.5) is 0 Å². The van der Waals surface area contributed by atoms with Crippen molar-refractivity contribution in [2.75, 3.05) is 0 Å². The van der Waals surface area contributed by atoms with Gasteiger partial charge in [0.1, 0.15) is 0 Å². The summed E-state index contributed by atoms with van der Waals surface area (Å²) in [5.41, 5.74) is 1.53. The largest absolute Gasteiger partial charge is 0.147 e. The van der Waals surface area contributed by atoms with Crippen LogP contribution in [0.5, 0.6) is 0 Å². The minimum Gasteiger partial charge on any atom is -0.147 e. The molecule has 0 nitrogen and oxygen atoms in total. The van der Waals surface area contributed by atoms with Gasteiger partial charge in [-0.25, -0.2) is 0 Å². The minimum absolute atomic E-state index is 0. The zero-order chi connectivity index (χ0) is 18.3. The van der Waals surface area contributed by atoms with Gasteiger partial charge in [0.2, 0.25) is 0 Å². The fourth-order valence-electron chi connectivity index (χ4n) is 4.02. The van der Waals surface area contributed by atoms with Crippen molar-refractivity contribution in [2.45, 2.75) is 103 Å². The zero-order valence-electron chi connectivity index (χ0n) is 17.6. The van der Waals surface area contributed by atoms with Crippen LogP contribution in [0.15, 0.2) is 42.5 Å². The van der Waals surface area contributed by atoms with Crippen molar-refractivity contribution >= 4 is 23.2 Å². The van der Waals surface area contributed by atoms with Crippen LogP contribution in [0.25, 0.3) is 10.8 Å². The molecule has 0 aliphatic heterocycles. The standard InChI is InChI=1S/C26H40.ClH/c1-2-3-4-5-6-7-8-9-10-11-12-13-14-15-19-24-21-18-22-25-20-16-17-23-26(24)25;/h16-18,20-23H,2-15,19H2,1H3;1H. The molecule has 0 heterocycles. The summed E-state index contributed by atoms with van der Waals surface area (Å²) in [6.45, 7) is 2.30. The normalized spacial score (nSPS) is 10.9. The lowest BCUT2D eigenvalue weighted by atomic mass is 9.99. The molecule has 0 unspecified atom stereocenters. The molecule has 0 fully saturated rings. The number of hydrogen-bond acceptors (Lipinski definition) is 0. The monoisotopic (exact) mass is 388 g/mol. The second-order valence-electron chi connectivity index (χ2n) is 7.98. The highest BCUT2D eigenvalue weighted by Crippen LogP contribution is 2.21. The smallest absolute Gasteiger partial charge is 0.0152 e. The van der Waals surface area contributed by atoms with E-state index in [1.807, 2.05) is 0 Å². The summed E-state index contributed by atoms with van der Waals surface area (Å²) >= 11 is 0. The van der Waals surface area contributed by atoms with Gasteiger partial charge < -0.3 is 0 Å². The average Bonchev–Trinajstić information content (AvgIpc) is 2.68. The van der Waals surface area contributed by atoms with Gasteiger partial charge in [0.25, 0.3) is 0 Å². The summed E-state index contributed by atoms with van der Waals surface area (Å²) in [5, 5.41) is 2.83. The fourth-order valence-corrected chi connectivity index (χ4v) is 4.02. The number of fused-ring (bicyclic) bond motifs is 1. The van der Waals surface area contributed by atoms with Crippen LogP contribution >= 0.6 is 12.4 Å². The molecule has 2 aromatic rings. The number of hydrogen-bond donors (Lipinski definition) is 0. The summed E-state index contributed by atoms with van der Waals surface area (Å²) in [5.74, 6) is 0. The van der Waals surface area contributed by atoms with Gasteiger partial charge in [-0.2, -0.15) is 0 Å². The predicted molar refractivity (Wildman–Crippen MR) is 125 cm³/mol. The van der Waals surface area contributed by atoms with Crippen molar-refractivity contribution < 1.29 is 0 Å². The van der Waals surface area contributed by atoms with Crippen LogP contribution in [-0.2, 0) is 6.42 Å². The lowest BCUT2D eigenvalue weighted by Gasteiger charge is -2.07. The third kappa shape index (κ3) is 10.2. The maximum absolute atomic E-state index is 2.31. The van der Waals surface area contributed by atoms with Crippen LogP contribution in [-0.4, -0.2) is 0 Å². The molecule has 1 heteroatoms. The van der Waals surface area contributed by atoms with E-state index < -0.39 is 0 Å². The van der Waals surface area contributed by atoms with Gasteiger partial charge in [-0.15, -0.1) is 12.4 Å². The lowest BCUT2D eigenvalue weighted by molar-refractivity contribution is 0.535. The van der Waals surface area contributed by atoms with E-state index in [1.54, 1.807) is 0 Å². The summed E-state index contributed by atoms with van der Waals surface area (Å²) < 4.78 is 0. The topological polar surface area (TPSA) is 0 Å². The molecular formula is C26H41Cl. The Morgan fingerprint density at radius 3 is 1.59 bits per heavy atom. The molecule has 27 heavy (non-hydrogen) atoms. The summed E-state index contributed by atoms with van der Waals surface area (Å²) in [4.78, 5) is 0. The van der Waals surface area contributed by atoms with E-state index >= 15 is 0 Å². The number of aryl methyl sites for hydroxylation is 1. The first-order valence-corrected chi connectivity index (χ1v) is 11.4. The van der Waals surface area contributed by atoms with Crippen LogP contribution in [0.3, 0.4) is 0 Å². The van der Waals surface area contributed by atoms with Crippen molar-refractivity contribution in [2.24, 2.45) is 0 Å². The second-order valence-corrected chi connectivity index (χ2v) is 7.98. The van der Waals surface area contributed by atoms with E-state index in [9.17, 15) is 0 Å². The van der Waals surface area contributed by atoms with Crippen LogP contribution in [0.2, 0.25) is 0 Å². The second kappa shape index (κ2) is 16.0. The third-order valence-corrected chi connectivity index (χ3v) is 5.68. The molecule has 0 saturated heterocycles. The minimum atomic E-state index is 0. The van der Waals surface area contributed by atoms with Crippen LogP contribution < -0.4 is 0 Å². The molecule has 2 aromatic carbocycles. The molecule has 0 aliphatic rings. The van der Waals surface area contributed by atoms with Gasteiger partial charge >= 0.3 is 0 Å². The Balaban J connectivity index is 0.00000364. The number of rotatable bonds is 15. The Morgan fingerprint density at radius 2 is 1.00 bits per heavy atom. The number of benzene rings is 2. The van der Waals surface area contributed by atoms with Gasteiger partial charge in [0.05, 0.1) is 0 Å². The molecule has 0 saturated carbocycles. The maximum atomic E-state index is 2.31. The van der Waals surface area contributed by atoms with Crippen molar-refractivity contribution in [3.8, 4) is 0 Å². The van der Waals surface area contributed by atoms with Crippen molar-refractivity contribution in [3.05, 3.63) is 48.0 Å².